The van der Waals surface area contributed by atoms with Gasteiger partial charge in [0, 0.05) is 0 Å². The van der Waals surface area contributed by atoms with Crippen LogP contribution in [0.3, 0.4) is 0 Å². The Labute approximate surface area is 201 Å². The molecule has 1 aromatic carbocycles. The first-order valence-electron chi connectivity index (χ1n) is 11.1. The molecule has 2 heterocycles. The van der Waals surface area contributed by atoms with E-state index in [1.807, 2.05) is 30.3 Å². The number of rotatable bonds is 6. The molecular formula is C23H26ClN5O5. The summed E-state index contributed by atoms with van der Waals surface area (Å²) in [7, 11) is 0. The largest absolute Gasteiger partial charge is 0.452 e. The van der Waals surface area contributed by atoms with Gasteiger partial charge in [-0.05, 0) is 44.1 Å². The molecule has 10 nitrogen and oxygen atoms in total. The average molecular weight is 488 g/mol. The topological polar surface area (TPSA) is 123 Å². The van der Waals surface area contributed by atoms with Gasteiger partial charge in [0.25, 0.3) is 11.8 Å². The van der Waals surface area contributed by atoms with E-state index in [1.54, 1.807) is 6.92 Å². The fourth-order valence-electron chi connectivity index (χ4n) is 4.32. The number of nitrogens with zero attached hydrogens (tertiary/aromatic N) is 3. The second-order valence-corrected chi connectivity index (χ2v) is 9.20. The first-order valence-corrected chi connectivity index (χ1v) is 11.5. The van der Waals surface area contributed by atoms with E-state index in [-0.39, 0.29) is 10.7 Å². The summed E-state index contributed by atoms with van der Waals surface area (Å²) in [4.78, 5) is 50.1. The van der Waals surface area contributed by atoms with Crippen LogP contribution in [0, 0.1) is 12.8 Å². The lowest BCUT2D eigenvalue weighted by Crippen LogP contribution is -2.52. The molecule has 1 spiro atoms. The Bertz CT molecular complexity index is 1120. The number of ether oxygens (including phenoxy) is 1. The standard InChI is InChI=1S/C23H26ClN5O5/c1-14-8-10-23(11-9-14)21(32)29(22(33)25-23)27-17(30)13-34-20(31)18-15(2)26-28(19(18)24)12-16-6-4-3-5-7-16/h3-7,14H,8-13H2,1-2H3,(H,25,33)(H,27,30). The first-order chi connectivity index (χ1) is 16.2. The van der Waals surface area contributed by atoms with Crippen LogP contribution in [0.4, 0.5) is 4.79 Å². The smallest absolute Gasteiger partial charge is 0.344 e. The maximum absolute atomic E-state index is 12.8. The fourth-order valence-corrected chi connectivity index (χ4v) is 4.63. The van der Waals surface area contributed by atoms with Crippen LogP contribution in [0.5, 0.6) is 0 Å². The quantitative estimate of drug-likeness (QED) is 0.477. The third-order valence-electron chi connectivity index (χ3n) is 6.31. The third-order valence-corrected chi connectivity index (χ3v) is 6.69. The summed E-state index contributed by atoms with van der Waals surface area (Å²) in [6.45, 7) is 3.38. The van der Waals surface area contributed by atoms with Crippen molar-refractivity contribution in [2.45, 2.75) is 51.6 Å². The van der Waals surface area contributed by atoms with Crippen LogP contribution in [0.25, 0.3) is 0 Å². The van der Waals surface area contributed by atoms with Crippen molar-refractivity contribution < 1.29 is 23.9 Å². The van der Waals surface area contributed by atoms with E-state index in [0.717, 1.165) is 18.4 Å². The van der Waals surface area contributed by atoms with E-state index in [4.69, 9.17) is 16.3 Å². The Morgan fingerprint density at radius 3 is 2.59 bits per heavy atom. The molecule has 4 rings (SSSR count). The lowest BCUT2D eigenvalue weighted by Gasteiger charge is -2.33. The molecule has 0 radical (unpaired) electrons. The molecule has 4 amide bonds. The molecule has 180 valence electrons. The van der Waals surface area contributed by atoms with Gasteiger partial charge >= 0.3 is 12.0 Å². The number of hydrazine groups is 1. The Balaban J connectivity index is 1.35. The zero-order valence-corrected chi connectivity index (χ0v) is 19.7. The predicted molar refractivity (Wildman–Crippen MR) is 122 cm³/mol. The number of hydrogen-bond acceptors (Lipinski definition) is 6. The van der Waals surface area contributed by atoms with Crippen molar-refractivity contribution in [3.63, 3.8) is 0 Å². The van der Waals surface area contributed by atoms with E-state index >= 15 is 0 Å². The van der Waals surface area contributed by atoms with Crippen LogP contribution in [-0.2, 0) is 20.9 Å². The van der Waals surface area contributed by atoms with Crippen molar-refractivity contribution in [3.8, 4) is 0 Å². The van der Waals surface area contributed by atoms with Crippen molar-refractivity contribution in [2.75, 3.05) is 6.61 Å². The minimum atomic E-state index is -0.981. The number of nitrogens with one attached hydrogen (secondary N) is 2. The molecular weight excluding hydrogens is 462 g/mol. The number of carbonyl (C=O) groups excluding carboxylic acids is 4. The van der Waals surface area contributed by atoms with Crippen LogP contribution in [0.1, 0.15) is 54.2 Å². The number of hydrogen-bond donors (Lipinski definition) is 2. The van der Waals surface area contributed by atoms with Crippen molar-refractivity contribution >= 4 is 35.4 Å². The average Bonchev–Trinajstić information content (AvgIpc) is 3.21. The second kappa shape index (κ2) is 9.46. The van der Waals surface area contributed by atoms with Gasteiger partial charge in [-0.25, -0.2) is 14.3 Å². The van der Waals surface area contributed by atoms with Crippen molar-refractivity contribution in [2.24, 2.45) is 5.92 Å². The Morgan fingerprint density at radius 2 is 1.91 bits per heavy atom. The summed E-state index contributed by atoms with van der Waals surface area (Å²) in [5.41, 5.74) is 2.61. The number of halogens is 1. The van der Waals surface area contributed by atoms with Gasteiger partial charge in [-0.2, -0.15) is 10.1 Å². The lowest BCUT2D eigenvalue weighted by atomic mass is 9.77. The zero-order chi connectivity index (χ0) is 24.5. The van der Waals surface area contributed by atoms with Crippen molar-refractivity contribution in [3.05, 3.63) is 52.3 Å². The van der Waals surface area contributed by atoms with E-state index in [0.29, 0.717) is 36.0 Å². The Kier molecular flexibility index (Phi) is 6.60. The highest BCUT2D eigenvalue weighted by atomic mass is 35.5. The van der Waals surface area contributed by atoms with Gasteiger partial charge in [0.15, 0.2) is 6.61 Å². The van der Waals surface area contributed by atoms with Gasteiger partial charge < -0.3 is 10.1 Å². The zero-order valence-electron chi connectivity index (χ0n) is 19.0. The molecule has 0 bridgehead atoms. The summed E-state index contributed by atoms with van der Waals surface area (Å²) in [5.74, 6) is -1.66. The van der Waals surface area contributed by atoms with Crippen LogP contribution in [-0.4, -0.2) is 50.7 Å². The van der Waals surface area contributed by atoms with E-state index in [9.17, 15) is 19.2 Å². The maximum atomic E-state index is 12.8. The monoisotopic (exact) mass is 487 g/mol. The van der Waals surface area contributed by atoms with Gasteiger partial charge in [-0.15, -0.1) is 0 Å². The van der Waals surface area contributed by atoms with Crippen LogP contribution in [0.15, 0.2) is 30.3 Å². The van der Waals surface area contributed by atoms with Gasteiger partial charge in [-0.1, -0.05) is 48.9 Å². The molecule has 1 aromatic heterocycles. The first kappa shape index (κ1) is 23.7. The number of benzene rings is 1. The third kappa shape index (κ3) is 4.63. The SMILES string of the molecule is Cc1nn(Cc2ccccc2)c(Cl)c1C(=O)OCC(=O)NN1C(=O)NC2(CCC(C)CC2)C1=O. The second-order valence-electron chi connectivity index (χ2n) is 8.84. The van der Waals surface area contributed by atoms with Crippen LogP contribution in [0.2, 0.25) is 5.15 Å². The predicted octanol–water partition coefficient (Wildman–Crippen LogP) is 2.58. The highest BCUT2D eigenvalue weighted by molar-refractivity contribution is 6.32. The molecule has 2 N–H and O–H groups in total. The Morgan fingerprint density at radius 1 is 1.24 bits per heavy atom. The molecule has 2 aromatic rings. The number of esters is 1. The van der Waals surface area contributed by atoms with Crippen LogP contribution < -0.4 is 10.7 Å². The molecule has 34 heavy (non-hydrogen) atoms. The van der Waals surface area contributed by atoms with Crippen LogP contribution >= 0.6 is 11.6 Å². The molecule has 2 aliphatic rings. The highest BCUT2D eigenvalue weighted by Crippen LogP contribution is 2.35. The van der Waals surface area contributed by atoms with E-state index < -0.39 is 36.0 Å². The van der Waals surface area contributed by atoms with Crippen molar-refractivity contribution in [1.82, 2.24) is 25.5 Å². The number of aromatic nitrogens is 2. The lowest BCUT2D eigenvalue weighted by molar-refractivity contribution is -0.141. The number of aryl methyl sites for hydroxylation is 1. The summed E-state index contributed by atoms with van der Waals surface area (Å²) in [5, 5.41) is 7.76. The fraction of sp³-hybridized carbons (Fsp3) is 0.435. The summed E-state index contributed by atoms with van der Waals surface area (Å²) in [6.07, 6.45) is 2.66. The normalized spacial score (nSPS) is 22.1. The minimum absolute atomic E-state index is 0.0515. The van der Waals surface area contributed by atoms with Gasteiger partial charge in [0.2, 0.25) is 0 Å². The van der Waals surface area contributed by atoms with Crippen molar-refractivity contribution in [1.29, 1.82) is 0 Å². The molecule has 1 saturated carbocycles. The van der Waals surface area contributed by atoms with Gasteiger partial charge in [-0.3, -0.25) is 15.0 Å². The number of imide groups is 1. The molecule has 0 atom stereocenters. The van der Waals surface area contributed by atoms with Gasteiger partial charge in [0.05, 0.1) is 12.2 Å². The molecule has 1 saturated heterocycles. The molecule has 2 fully saturated rings. The van der Waals surface area contributed by atoms with Gasteiger partial charge in [0.1, 0.15) is 16.3 Å². The van der Waals surface area contributed by atoms with E-state index in [1.165, 1.54) is 4.68 Å². The molecule has 0 unspecified atom stereocenters. The summed E-state index contributed by atoms with van der Waals surface area (Å²) >= 11 is 6.35. The van der Waals surface area contributed by atoms with E-state index in [2.05, 4.69) is 22.8 Å². The molecule has 11 heteroatoms. The molecule has 1 aliphatic heterocycles. The number of carbonyl (C=O) groups is 4. The summed E-state index contributed by atoms with van der Waals surface area (Å²) in [6, 6.07) is 8.78. The summed E-state index contributed by atoms with van der Waals surface area (Å²) < 4.78 is 6.56. The highest BCUT2D eigenvalue weighted by Gasteiger charge is 2.52. The minimum Gasteiger partial charge on any atom is -0.452 e. The number of amides is 4. The Hall–Kier alpha value is -3.40. The maximum Gasteiger partial charge on any atom is 0.344 e. The number of urea groups is 1. The molecule has 1 aliphatic carbocycles.